The highest BCUT2D eigenvalue weighted by atomic mass is 16.5. The normalized spacial score (nSPS) is 12.1. The average molecular weight is 406 g/mol. The zero-order valence-corrected chi connectivity index (χ0v) is 16.2. The number of benzene rings is 2. The molecule has 2 heterocycles. The molecular weight excluding hydrogens is 388 g/mol. The third kappa shape index (κ3) is 3.60. The molecule has 1 aromatic heterocycles. The van der Waals surface area contributed by atoms with Gasteiger partial charge < -0.3 is 25.2 Å². The molecule has 9 heteroatoms. The molecule has 0 saturated heterocycles. The number of carbonyl (C=O) groups is 2. The van der Waals surface area contributed by atoms with E-state index >= 15 is 0 Å². The standard InChI is InChI=1S/C21H18N4O5/c1-29-16-6-4-13(9-17(16)30-2)23-21-22-10-12-8-18(26)24-15-5-3-11(20(27)28)7-14(15)19(12)25-21/h3-7,9-10H,8H2,1-2H3,(H,24,26)(H,27,28)(H,22,23,25). The highest BCUT2D eigenvalue weighted by molar-refractivity contribution is 6.01. The van der Waals surface area contributed by atoms with Gasteiger partial charge in [0.05, 0.1) is 37.6 Å². The van der Waals surface area contributed by atoms with E-state index in [0.29, 0.717) is 45.6 Å². The third-order valence-electron chi connectivity index (χ3n) is 4.65. The number of carboxylic acids is 1. The maximum atomic E-state index is 12.2. The second-order valence-electron chi connectivity index (χ2n) is 6.55. The van der Waals surface area contributed by atoms with Crippen molar-refractivity contribution in [2.75, 3.05) is 24.9 Å². The molecule has 9 nitrogen and oxygen atoms in total. The molecule has 1 aliphatic rings. The molecule has 0 atom stereocenters. The van der Waals surface area contributed by atoms with Crippen molar-refractivity contribution in [3.05, 3.63) is 53.7 Å². The Morgan fingerprint density at radius 2 is 1.93 bits per heavy atom. The lowest BCUT2D eigenvalue weighted by Gasteiger charge is -2.13. The van der Waals surface area contributed by atoms with Crippen molar-refractivity contribution in [2.45, 2.75) is 6.42 Å². The molecule has 0 bridgehead atoms. The number of carbonyl (C=O) groups excluding carboxylic acids is 1. The van der Waals surface area contributed by atoms with Gasteiger partial charge in [0.1, 0.15) is 0 Å². The van der Waals surface area contributed by atoms with Crippen LogP contribution >= 0.6 is 0 Å². The molecule has 4 rings (SSSR count). The summed E-state index contributed by atoms with van der Waals surface area (Å²) in [5.74, 6) is 0.144. The SMILES string of the molecule is COc1ccc(Nc2ncc3c(n2)-c2cc(C(=O)O)ccc2NC(=O)C3)cc1OC. The highest BCUT2D eigenvalue weighted by Crippen LogP contribution is 2.35. The number of carboxylic acid groups (broad SMARTS) is 1. The first-order chi connectivity index (χ1) is 14.5. The van der Waals surface area contributed by atoms with Crippen molar-refractivity contribution in [2.24, 2.45) is 0 Å². The number of anilines is 3. The van der Waals surface area contributed by atoms with Crippen molar-refractivity contribution >= 4 is 29.2 Å². The summed E-state index contributed by atoms with van der Waals surface area (Å²) < 4.78 is 10.5. The molecular formula is C21H18N4O5. The van der Waals surface area contributed by atoms with Gasteiger partial charge in [-0.2, -0.15) is 0 Å². The number of fused-ring (bicyclic) bond motifs is 3. The number of aromatic carboxylic acids is 1. The number of rotatable bonds is 5. The van der Waals surface area contributed by atoms with Gasteiger partial charge in [-0.25, -0.2) is 14.8 Å². The molecule has 30 heavy (non-hydrogen) atoms. The first-order valence-electron chi connectivity index (χ1n) is 9.01. The van der Waals surface area contributed by atoms with Crippen LogP contribution in [0.1, 0.15) is 15.9 Å². The summed E-state index contributed by atoms with van der Waals surface area (Å²) in [5, 5.41) is 15.2. The number of hydrogen-bond donors (Lipinski definition) is 3. The number of ether oxygens (including phenoxy) is 2. The fourth-order valence-electron chi connectivity index (χ4n) is 3.22. The van der Waals surface area contributed by atoms with Crippen LogP contribution in [0.15, 0.2) is 42.6 Å². The van der Waals surface area contributed by atoms with E-state index in [0.717, 1.165) is 0 Å². The smallest absolute Gasteiger partial charge is 0.335 e. The van der Waals surface area contributed by atoms with Gasteiger partial charge >= 0.3 is 5.97 Å². The minimum Gasteiger partial charge on any atom is -0.493 e. The Morgan fingerprint density at radius 1 is 1.13 bits per heavy atom. The van der Waals surface area contributed by atoms with Crippen LogP contribution < -0.4 is 20.1 Å². The molecule has 0 radical (unpaired) electrons. The van der Waals surface area contributed by atoms with E-state index in [1.54, 1.807) is 44.7 Å². The molecule has 152 valence electrons. The fourth-order valence-corrected chi connectivity index (χ4v) is 3.22. The topological polar surface area (TPSA) is 123 Å². The van der Waals surface area contributed by atoms with Gasteiger partial charge in [-0.05, 0) is 30.3 Å². The van der Waals surface area contributed by atoms with E-state index in [1.165, 1.54) is 12.1 Å². The van der Waals surface area contributed by atoms with Crippen LogP contribution in [0.5, 0.6) is 11.5 Å². The zero-order valence-electron chi connectivity index (χ0n) is 16.2. The summed E-state index contributed by atoms with van der Waals surface area (Å²) in [5.41, 5.74) is 2.89. The number of nitrogens with zero attached hydrogens (tertiary/aromatic N) is 2. The summed E-state index contributed by atoms with van der Waals surface area (Å²) in [7, 11) is 3.10. The Labute approximate surface area is 171 Å². The van der Waals surface area contributed by atoms with Crippen LogP contribution in [0, 0.1) is 0 Å². The van der Waals surface area contributed by atoms with Gasteiger partial charge in [-0.15, -0.1) is 0 Å². The molecule has 0 aliphatic carbocycles. The van der Waals surface area contributed by atoms with E-state index in [2.05, 4.69) is 20.6 Å². The van der Waals surface area contributed by atoms with Crippen LogP contribution in [0.4, 0.5) is 17.3 Å². The minimum absolute atomic E-state index is 0.0864. The number of aromatic nitrogens is 2. The summed E-state index contributed by atoms with van der Waals surface area (Å²) >= 11 is 0. The lowest BCUT2D eigenvalue weighted by Crippen LogP contribution is -2.13. The monoisotopic (exact) mass is 406 g/mol. The Balaban J connectivity index is 1.76. The highest BCUT2D eigenvalue weighted by Gasteiger charge is 2.22. The molecule has 0 fully saturated rings. The van der Waals surface area contributed by atoms with E-state index < -0.39 is 5.97 Å². The van der Waals surface area contributed by atoms with Crippen LogP contribution in [0.25, 0.3) is 11.3 Å². The summed E-state index contributed by atoms with van der Waals surface area (Å²) in [6.45, 7) is 0. The van der Waals surface area contributed by atoms with Gasteiger partial charge in [0, 0.05) is 29.1 Å². The molecule has 0 saturated carbocycles. The maximum Gasteiger partial charge on any atom is 0.335 e. The van der Waals surface area contributed by atoms with Crippen molar-refractivity contribution in [3.8, 4) is 22.8 Å². The lowest BCUT2D eigenvalue weighted by atomic mass is 10.0. The van der Waals surface area contributed by atoms with Crippen LogP contribution in [-0.2, 0) is 11.2 Å². The van der Waals surface area contributed by atoms with Gasteiger partial charge in [0.2, 0.25) is 11.9 Å². The molecule has 2 aromatic carbocycles. The van der Waals surface area contributed by atoms with Crippen LogP contribution in [0.3, 0.4) is 0 Å². The van der Waals surface area contributed by atoms with Crippen molar-refractivity contribution in [1.82, 2.24) is 9.97 Å². The average Bonchev–Trinajstić information content (AvgIpc) is 2.88. The van der Waals surface area contributed by atoms with Gasteiger partial charge in [-0.3, -0.25) is 4.79 Å². The largest absolute Gasteiger partial charge is 0.493 e. The van der Waals surface area contributed by atoms with Gasteiger partial charge in [0.15, 0.2) is 11.5 Å². The number of amides is 1. The van der Waals surface area contributed by atoms with Crippen molar-refractivity contribution < 1.29 is 24.2 Å². The van der Waals surface area contributed by atoms with E-state index in [1.807, 2.05) is 0 Å². The fraction of sp³-hybridized carbons (Fsp3) is 0.143. The first kappa shape index (κ1) is 19.2. The van der Waals surface area contributed by atoms with Crippen LogP contribution in [0.2, 0.25) is 0 Å². The molecule has 3 N–H and O–H groups in total. The van der Waals surface area contributed by atoms with E-state index in [9.17, 15) is 14.7 Å². The summed E-state index contributed by atoms with van der Waals surface area (Å²) in [6.07, 6.45) is 1.65. The lowest BCUT2D eigenvalue weighted by molar-refractivity contribution is -0.115. The summed E-state index contributed by atoms with van der Waals surface area (Å²) in [4.78, 5) is 32.5. The Kier molecular flexibility index (Phi) is 4.93. The zero-order chi connectivity index (χ0) is 21.3. The summed E-state index contributed by atoms with van der Waals surface area (Å²) in [6, 6.07) is 9.79. The second-order valence-corrected chi connectivity index (χ2v) is 6.55. The molecule has 1 aliphatic heterocycles. The second kappa shape index (κ2) is 7.70. The molecule has 0 unspecified atom stereocenters. The molecule has 3 aromatic rings. The van der Waals surface area contributed by atoms with E-state index in [4.69, 9.17) is 9.47 Å². The van der Waals surface area contributed by atoms with Crippen molar-refractivity contribution in [1.29, 1.82) is 0 Å². The Bertz CT molecular complexity index is 1160. The Hall–Kier alpha value is -4.14. The Morgan fingerprint density at radius 3 is 2.67 bits per heavy atom. The number of methoxy groups -OCH3 is 2. The number of hydrogen-bond acceptors (Lipinski definition) is 7. The quantitative estimate of drug-likeness (QED) is 0.591. The van der Waals surface area contributed by atoms with Gasteiger partial charge in [0.25, 0.3) is 0 Å². The van der Waals surface area contributed by atoms with Crippen LogP contribution in [-0.4, -0.2) is 41.2 Å². The van der Waals surface area contributed by atoms with Gasteiger partial charge in [-0.1, -0.05) is 0 Å². The number of nitrogens with one attached hydrogen (secondary N) is 2. The maximum absolute atomic E-state index is 12.2. The third-order valence-corrected chi connectivity index (χ3v) is 4.65. The predicted molar refractivity (Wildman–Crippen MR) is 110 cm³/mol. The predicted octanol–water partition coefficient (Wildman–Crippen LogP) is 3.10. The molecule has 1 amide bonds. The van der Waals surface area contributed by atoms with Crippen molar-refractivity contribution in [3.63, 3.8) is 0 Å². The minimum atomic E-state index is -1.06. The van der Waals surface area contributed by atoms with E-state index in [-0.39, 0.29) is 17.9 Å². The first-order valence-corrected chi connectivity index (χ1v) is 9.01. The molecule has 0 spiro atoms.